The summed E-state index contributed by atoms with van der Waals surface area (Å²) in [6.45, 7) is 4.61. The Morgan fingerprint density at radius 3 is 2.58 bits per heavy atom. The van der Waals surface area contributed by atoms with Crippen LogP contribution < -0.4 is 15.1 Å². The van der Waals surface area contributed by atoms with E-state index in [9.17, 15) is 4.79 Å². The van der Waals surface area contributed by atoms with Crippen molar-refractivity contribution in [2.45, 2.75) is 6.54 Å². The molecular weight excluding hydrogens is 412 g/mol. The molecule has 5 rings (SSSR count). The van der Waals surface area contributed by atoms with E-state index >= 15 is 0 Å². The van der Waals surface area contributed by atoms with Gasteiger partial charge in [0.2, 0.25) is 5.43 Å². The second kappa shape index (κ2) is 8.25. The molecule has 0 aliphatic carbocycles. The molecule has 158 valence electrons. The first-order chi connectivity index (χ1) is 15.1. The van der Waals surface area contributed by atoms with Crippen LogP contribution in [-0.2, 0) is 6.54 Å². The van der Waals surface area contributed by atoms with Crippen molar-refractivity contribution in [3.05, 3.63) is 81.5 Å². The highest BCUT2D eigenvalue weighted by Gasteiger charge is 2.18. The molecule has 0 spiro atoms. The zero-order valence-electron chi connectivity index (χ0n) is 17.3. The lowest BCUT2D eigenvalue weighted by Gasteiger charge is -2.36. The number of hydrogen-bond acceptors (Lipinski definition) is 5. The highest BCUT2D eigenvalue weighted by Crippen LogP contribution is 2.26. The summed E-state index contributed by atoms with van der Waals surface area (Å²) in [6.07, 6.45) is 0. The molecule has 0 saturated carbocycles. The zero-order valence-corrected chi connectivity index (χ0v) is 18.1. The van der Waals surface area contributed by atoms with Crippen molar-refractivity contribution in [2.75, 3.05) is 38.2 Å². The minimum Gasteiger partial charge on any atom is -0.497 e. The summed E-state index contributed by atoms with van der Waals surface area (Å²) in [5.74, 6) is 0.878. The quantitative estimate of drug-likeness (QED) is 0.426. The van der Waals surface area contributed by atoms with E-state index in [0.717, 1.165) is 44.0 Å². The molecule has 1 fully saturated rings. The molecule has 6 heteroatoms. The molecule has 0 atom stereocenters. The zero-order chi connectivity index (χ0) is 21.4. The summed E-state index contributed by atoms with van der Waals surface area (Å²) in [7, 11) is 1.69. The molecule has 0 radical (unpaired) electrons. The van der Waals surface area contributed by atoms with Gasteiger partial charge in [-0.15, -0.1) is 0 Å². The van der Waals surface area contributed by atoms with Gasteiger partial charge in [-0.1, -0.05) is 29.8 Å². The molecule has 0 bridgehead atoms. The summed E-state index contributed by atoms with van der Waals surface area (Å²) in [5, 5.41) is 1.57. The molecule has 5 nitrogen and oxygen atoms in total. The van der Waals surface area contributed by atoms with Gasteiger partial charge in [-0.25, -0.2) is 0 Å². The monoisotopic (exact) mass is 434 g/mol. The number of rotatable bonds is 4. The molecule has 2 heterocycles. The van der Waals surface area contributed by atoms with Crippen LogP contribution in [0.5, 0.6) is 5.75 Å². The van der Waals surface area contributed by atoms with Crippen molar-refractivity contribution in [1.29, 1.82) is 0 Å². The summed E-state index contributed by atoms with van der Waals surface area (Å²) >= 11 is 6.21. The van der Waals surface area contributed by atoms with Gasteiger partial charge in [-0.3, -0.25) is 9.69 Å². The summed E-state index contributed by atoms with van der Waals surface area (Å²) < 4.78 is 11.3. The largest absolute Gasteiger partial charge is 0.497 e. The van der Waals surface area contributed by atoms with Crippen LogP contribution in [0.3, 0.4) is 0 Å². The average molecular weight is 435 g/mol. The van der Waals surface area contributed by atoms with Gasteiger partial charge < -0.3 is 14.1 Å². The van der Waals surface area contributed by atoms with E-state index in [0.29, 0.717) is 27.0 Å². The van der Waals surface area contributed by atoms with Crippen LogP contribution in [0.15, 0.2) is 69.9 Å². The van der Waals surface area contributed by atoms with E-state index in [4.69, 9.17) is 20.8 Å². The van der Waals surface area contributed by atoms with E-state index in [1.165, 1.54) is 5.69 Å². The topological polar surface area (TPSA) is 45.9 Å². The number of para-hydroxylation sites is 1. The second-order valence-electron chi connectivity index (χ2n) is 7.84. The van der Waals surface area contributed by atoms with Crippen molar-refractivity contribution in [1.82, 2.24) is 4.90 Å². The molecule has 1 aliphatic heterocycles. The Bertz CT molecular complexity index is 1310. The number of benzene rings is 3. The lowest BCUT2D eigenvalue weighted by atomic mass is 10.1. The maximum atomic E-state index is 13.0. The van der Waals surface area contributed by atoms with Crippen LogP contribution in [0.4, 0.5) is 5.69 Å². The molecular formula is C25H23ClN2O3. The predicted octanol–water partition coefficient (Wildman–Crippen LogP) is 4.93. The number of anilines is 1. The van der Waals surface area contributed by atoms with Gasteiger partial charge in [0.15, 0.2) is 5.58 Å². The molecule has 4 aromatic rings. The fourth-order valence-corrected chi connectivity index (χ4v) is 4.43. The predicted molar refractivity (Wildman–Crippen MR) is 125 cm³/mol. The highest BCUT2D eigenvalue weighted by molar-refractivity contribution is 6.34. The van der Waals surface area contributed by atoms with Crippen LogP contribution in [-0.4, -0.2) is 38.2 Å². The molecule has 0 amide bonds. The minimum atomic E-state index is -0.0385. The third-order valence-electron chi connectivity index (χ3n) is 5.91. The minimum absolute atomic E-state index is 0.0385. The Labute approximate surface area is 185 Å². The maximum Gasteiger partial charge on any atom is 0.200 e. The lowest BCUT2D eigenvalue weighted by molar-refractivity contribution is 0.250. The third-order valence-corrected chi connectivity index (χ3v) is 6.21. The fraction of sp³-hybridized carbons (Fsp3) is 0.240. The number of hydrogen-bond donors (Lipinski definition) is 0. The Morgan fingerprint density at radius 1 is 0.968 bits per heavy atom. The summed E-state index contributed by atoms with van der Waals surface area (Å²) in [4.78, 5) is 17.8. The van der Waals surface area contributed by atoms with Crippen LogP contribution in [0.2, 0.25) is 5.02 Å². The first-order valence-corrected chi connectivity index (χ1v) is 10.8. The van der Waals surface area contributed by atoms with Crippen molar-refractivity contribution in [3.8, 4) is 5.75 Å². The van der Waals surface area contributed by atoms with Crippen LogP contribution in [0.1, 0.15) is 5.56 Å². The average Bonchev–Trinajstić information content (AvgIpc) is 2.81. The Balaban J connectivity index is 1.33. The van der Waals surface area contributed by atoms with E-state index < -0.39 is 0 Å². The summed E-state index contributed by atoms with van der Waals surface area (Å²) in [6, 6.07) is 19.3. The van der Waals surface area contributed by atoms with Crippen molar-refractivity contribution in [2.24, 2.45) is 0 Å². The van der Waals surface area contributed by atoms with Crippen LogP contribution in [0.25, 0.3) is 21.9 Å². The van der Waals surface area contributed by atoms with E-state index in [1.807, 2.05) is 30.3 Å². The Kier molecular flexibility index (Phi) is 5.30. The van der Waals surface area contributed by atoms with Crippen molar-refractivity contribution in [3.63, 3.8) is 0 Å². The lowest BCUT2D eigenvalue weighted by Crippen LogP contribution is -2.45. The third kappa shape index (κ3) is 3.87. The number of halogens is 1. The number of ether oxygens (including phenoxy) is 1. The SMILES string of the molecule is COc1cccc(N2CCN(Cc3ccc4oc5c(Cl)cccc5c(=O)c4c3)CC2)c1. The Hall–Kier alpha value is -3.02. The summed E-state index contributed by atoms with van der Waals surface area (Å²) in [5.41, 5.74) is 3.27. The second-order valence-corrected chi connectivity index (χ2v) is 8.25. The molecule has 1 aromatic heterocycles. The first-order valence-electron chi connectivity index (χ1n) is 10.4. The highest BCUT2D eigenvalue weighted by atomic mass is 35.5. The smallest absolute Gasteiger partial charge is 0.200 e. The van der Waals surface area contributed by atoms with Crippen LogP contribution >= 0.6 is 11.6 Å². The van der Waals surface area contributed by atoms with Gasteiger partial charge in [-0.05, 0) is 42.0 Å². The Morgan fingerprint density at radius 2 is 1.77 bits per heavy atom. The first kappa shape index (κ1) is 19.9. The van der Waals surface area contributed by atoms with Gasteiger partial charge in [-0.2, -0.15) is 0 Å². The van der Waals surface area contributed by atoms with Gasteiger partial charge in [0.05, 0.1) is 22.9 Å². The fourth-order valence-electron chi connectivity index (χ4n) is 4.22. The van der Waals surface area contributed by atoms with Crippen molar-refractivity contribution >= 4 is 39.2 Å². The standard InChI is InChI=1S/C25H23ClN2O3/c1-30-19-5-2-4-18(15-19)28-12-10-27(11-13-28)16-17-8-9-23-21(14-17)24(29)20-6-3-7-22(26)25(20)31-23/h2-9,14-15H,10-13,16H2,1H3. The molecule has 0 N–H and O–H groups in total. The maximum absolute atomic E-state index is 13.0. The van der Waals surface area contributed by atoms with Gasteiger partial charge >= 0.3 is 0 Å². The molecule has 0 unspecified atom stereocenters. The molecule has 1 saturated heterocycles. The van der Waals surface area contributed by atoms with E-state index in [-0.39, 0.29) is 5.43 Å². The number of nitrogens with zero attached hydrogens (tertiary/aromatic N) is 2. The number of piperazine rings is 1. The normalized spacial score (nSPS) is 15.0. The van der Waals surface area contributed by atoms with Crippen LogP contribution in [0, 0.1) is 0 Å². The molecule has 31 heavy (non-hydrogen) atoms. The number of fused-ring (bicyclic) bond motifs is 2. The molecule has 3 aromatic carbocycles. The van der Waals surface area contributed by atoms with E-state index in [1.54, 1.807) is 25.3 Å². The van der Waals surface area contributed by atoms with Crippen molar-refractivity contribution < 1.29 is 9.15 Å². The van der Waals surface area contributed by atoms with Gasteiger partial charge in [0.1, 0.15) is 11.3 Å². The van der Waals surface area contributed by atoms with Gasteiger partial charge in [0, 0.05) is 44.5 Å². The molecule has 1 aliphatic rings. The number of methoxy groups -OCH3 is 1. The van der Waals surface area contributed by atoms with Gasteiger partial charge in [0.25, 0.3) is 0 Å². The van der Waals surface area contributed by atoms with E-state index in [2.05, 4.69) is 21.9 Å².